The van der Waals surface area contributed by atoms with Crippen LogP contribution in [0, 0.1) is 0 Å². The van der Waals surface area contributed by atoms with E-state index in [1.165, 1.54) is 32.1 Å². The molecule has 1 rings (SSSR count). The van der Waals surface area contributed by atoms with Gasteiger partial charge in [0.2, 0.25) is 6.41 Å². The average molecular weight is 296 g/mol. The Kier molecular flexibility index (Phi) is 13.4. The van der Waals surface area contributed by atoms with Crippen molar-refractivity contribution in [3.05, 3.63) is 24.4 Å². The van der Waals surface area contributed by atoms with Gasteiger partial charge in [0.15, 0.2) is 0 Å². The molecule has 1 aliphatic heterocycles. The first-order chi connectivity index (χ1) is 10.2. The molecule has 0 saturated heterocycles. The lowest BCUT2D eigenvalue weighted by molar-refractivity contribution is -0.137. The second kappa shape index (κ2) is 14.6. The maximum atomic E-state index is 10.1. The van der Waals surface area contributed by atoms with Crippen LogP contribution in [0.3, 0.4) is 0 Å². The summed E-state index contributed by atoms with van der Waals surface area (Å²) in [5.41, 5.74) is 2.50. The van der Waals surface area contributed by atoms with Crippen molar-refractivity contribution < 1.29 is 14.7 Å². The lowest BCUT2D eigenvalue weighted by atomic mass is 10.1. The number of aliphatic carboxylic acids is 1. The van der Waals surface area contributed by atoms with E-state index in [1.54, 1.807) is 11.2 Å². The fraction of sp³-hybridized carbons (Fsp3) is 0.625. The molecule has 5 heteroatoms. The Hall–Kier alpha value is -1.78. The molecule has 0 aliphatic carbocycles. The van der Waals surface area contributed by atoms with Crippen LogP contribution in [0.15, 0.2) is 24.4 Å². The van der Waals surface area contributed by atoms with Crippen LogP contribution < -0.4 is 5.43 Å². The van der Waals surface area contributed by atoms with E-state index in [2.05, 4.69) is 12.3 Å². The van der Waals surface area contributed by atoms with Crippen LogP contribution >= 0.6 is 0 Å². The van der Waals surface area contributed by atoms with Crippen LogP contribution in [0.25, 0.3) is 0 Å². The molecular formula is C16H28N2O3. The minimum Gasteiger partial charge on any atom is -0.481 e. The highest BCUT2D eigenvalue weighted by Gasteiger charge is 1.95. The van der Waals surface area contributed by atoms with Gasteiger partial charge in [0, 0.05) is 12.6 Å². The van der Waals surface area contributed by atoms with E-state index in [9.17, 15) is 9.59 Å². The molecule has 0 radical (unpaired) electrons. The Morgan fingerprint density at radius 3 is 2.38 bits per heavy atom. The number of carbonyl (C=O) groups excluding carboxylic acids is 1. The van der Waals surface area contributed by atoms with E-state index in [0.29, 0.717) is 12.8 Å². The minimum absolute atomic E-state index is 0.341. The second-order valence-electron chi connectivity index (χ2n) is 4.93. The van der Waals surface area contributed by atoms with Gasteiger partial charge in [-0.2, -0.15) is 0 Å². The molecule has 0 fully saturated rings. The number of carbonyl (C=O) groups is 2. The molecule has 0 aromatic rings. The first-order valence-corrected chi connectivity index (χ1v) is 7.72. The molecule has 0 saturated carbocycles. The summed E-state index contributed by atoms with van der Waals surface area (Å²) in [6, 6.07) is 0. The van der Waals surface area contributed by atoms with E-state index in [0.717, 1.165) is 19.4 Å². The highest BCUT2D eigenvalue weighted by atomic mass is 16.4. The van der Waals surface area contributed by atoms with Crippen LogP contribution in [0.1, 0.15) is 58.3 Å². The number of hydrogen-bond acceptors (Lipinski definition) is 3. The van der Waals surface area contributed by atoms with Crippen molar-refractivity contribution in [2.45, 2.75) is 58.3 Å². The Morgan fingerprint density at radius 2 is 1.86 bits per heavy atom. The number of hydrazine groups is 1. The maximum absolute atomic E-state index is 10.1. The maximum Gasteiger partial charge on any atom is 0.303 e. The monoisotopic (exact) mass is 296 g/mol. The van der Waals surface area contributed by atoms with Gasteiger partial charge in [-0.3, -0.25) is 20.0 Å². The predicted molar refractivity (Wildman–Crippen MR) is 84.4 cm³/mol. The number of nitrogens with zero attached hydrogens (tertiary/aromatic N) is 1. The van der Waals surface area contributed by atoms with Gasteiger partial charge in [-0.15, -0.1) is 0 Å². The molecule has 5 nitrogen and oxygen atoms in total. The quantitative estimate of drug-likeness (QED) is 0.479. The molecule has 1 amide bonds. The van der Waals surface area contributed by atoms with Gasteiger partial charge < -0.3 is 5.11 Å². The molecular weight excluding hydrogens is 268 g/mol. The lowest BCUT2D eigenvalue weighted by Gasteiger charge is -2.17. The Balaban J connectivity index is 0.000000394. The van der Waals surface area contributed by atoms with Gasteiger partial charge in [-0.05, 0) is 12.5 Å². The molecule has 1 aliphatic rings. The molecule has 0 atom stereocenters. The zero-order valence-electron chi connectivity index (χ0n) is 13.0. The lowest BCUT2D eigenvalue weighted by Crippen LogP contribution is -2.32. The number of nitrogens with one attached hydrogen (secondary N) is 1. The number of rotatable bonds is 10. The summed E-state index contributed by atoms with van der Waals surface area (Å²) in [6.07, 6.45) is 16.8. The molecule has 0 aromatic heterocycles. The van der Waals surface area contributed by atoms with Crippen LogP contribution in [-0.2, 0) is 9.59 Å². The highest BCUT2D eigenvalue weighted by molar-refractivity contribution is 5.66. The van der Waals surface area contributed by atoms with Crippen LogP contribution in [0.4, 0.5) is 0 Å². The summed E-state index contributed by atoms with van der Waals surface area (Å²) in [5.74, 6) is -0.663. The third-order valence-corrected chi connectivity index (χ3v) is 3.03. The van der Waals surface area contributed by atoms with Crippen LogP contribution in [0.2, 0.25) is 0 Å². The molecule has 120 valence electrons. The first-order valence-electron chi connectivity index (χ1n) is 7.72. The Bertz CT molecular complexity index is 325. The van der Waals surface area contributed by atoms with E-state index >= 15 is 0 Å². The Morgan fingerprint density at radius 1 is 1.19 bits per heavy atom. The largest absolute Gasteiger partial charge is 0.481 e. The summed E-state index contributed by atoms with van der Waals surface area (Å²) in [6.45, 7) is 2.94. The van der Waals surface area contributed by atoms with Crippen molar-refractivity contribution >= 4 is 12.4 Å². The van der Waals surface area contributed by atoms with Gasteiger partial charge in [-0.1, -0.05) is 57.6 Å². The standard InChI is InChI=1S/C10H20O2.C6H8N2O/c1-2-3-4-5-6-7-8-9-10(11)12;9-6-7-8-4-2-1-3-5-8/h2-9H2,1H3,(H,11,12);1-4,6H,5H2,(H,7,9). The van der Waals surface area contributed by atoms with Crippen molar-refractivity contribution in [2.24, 2.45) is 0 Å². The molecule has 1 heterocycles. The van der Waals surface area contributed by atoms with Crippen LogP contribution in [0.5, 0.6) is 0 Å². The van der Waals surface area contributed by atoms with E-state index < -0.39 is 5.97 Å². The van der Waals surface area contributed by atoms with Crippen molar-refractivity contribution in [1.82, 2.24) is 10.4 Å². The van der Waals surface area contributed by atoms with Gasteiger partial charge in [0.25, 0.3) is 0 Å². The number of carboxylic acid groups (broad SMARTS) is 1. The van der Waals surface area contributed by atoms with Crippen molar-refractivity contribution in [3.8, 4) is 0 Å². The molecule has 21 heavy (non-hydrogen) atoms. The smallest absolute Gasteiger partial charge is 0.303 e. The topological polar surface area (TPSA) is 69.6 Å². The third-order valence-electron chi connectivity index (χ3n) is 3.03. The van der Waals surface area contributed by atoms with Gasteiger partial charge in [-0.25, -0.2) is 0 Å². The summed E-state index contributed by atoms with van der Waals surface area (Å²) in [5, 5.41) is 10.0. The van der Waals surface area contributed by atoms with E-state index in [4.69, 9.17) is 5.11 Å². The number of carboxylic acids is 1. The Labute approximate surface area is 127 Å². The van der Waals surface area contributed by atoms with Crippen molar-refractivity contribution in [1.29, 1.82) is 0 Å². The summed E-state index contributed by atoms with van der Waals surface area (Å²) < 4.78 is 0. The third kappa shape index (κ3) is 14.4. The molecule has 0 aromatic carbocycles. The molecule has 0 unspecified atom stereocenters. The summed E-state index contributed by atoms with van der Waals surface area (Å²) in [7, 11) is 0. The SMILES string of the molecule is CCCCCCCCCC(=O)O.O=CNN1C=CC=CC1. The fourth-order valence-corrected chi connectivity index (χ4v) is 1.86. The van der Waals surface area contributed by atoms with Crippen molar-refractivity contribution in [2.75, 3.05) is 6.54 Å². The molecule has 0 spiro atoms. The van der Waals surface area contributed by atoms with Gasteiger partial charge >= 0.3 is 5.97 Å². The second-order valence-corrected chi connectivity index (χ2v) is 4.93. The van der Waals surface area contributed by atoms with E-state index in [-0.39, 0.29) is 0 Å². The van der Waals surface area contributed by atoms with Crippen LogP contribution in [-0.4, -0.2) is 29.0 Å². The zero-order chi connectivity index (χ0) is 15.8. The van der Waals surface area contributed by atoms with Crippen molar-refractivity contribution in [3.63, 3.8) is 0 Å². The highest BCUT2D eigenvalue weighted by Crippen LogP contribution is 2.07. The number of amides is 1. The summed E-state index contributed by atoms with van der Waals surface area (Å²) in [4.78, 5) is 20.0. The molecule has 0 bridgehead atoms. The number of hydrogen-bond donors (Lipinski definition) is 2. The predicted octanol–water partition coefficient (Wildman–Crippen LogP) is 3.24. The normalized spacial score (nSPS) is 12.5. The number of allylic oxidation sites excluding steroid dienone is 2. The fourth-order valence-electron chi connectivity index (χ4n) is 1.86. The van der Waals surface area contributed by atoms with Gasteiger partial charge in [0.1, 0.15) is 0 Å². The first kappa shape index (κ1) is 19.2. The summed E-state index contributed by atoms with van der Waals surface area (Å²) >= 11 is 0. The molecule has 2 N–H and O–H groups in total. The average Bonchev–Trinajstić information content (AvgIpc) is 2.48. The van der Waals surface area contributed by atoms with Gasteiger partial charge in [0.05, 0.1) is 6.54 Å². The zero-order valence-corrected chi connectivity index (χ0v) is 13.0. The number of unbranched alkanes of at least 4 members (excludes halogenated alkanes) is 6. The van der Waals surface area contributed by atoms with E-state index in [1.807, 2.05) is 18.2 Å². The minimum atomic E-state index is -0.663.